The Morgan fingerprint density at radius 3 is 2.58 bits per heavy atom. The van der Waals surface area contributed by atoms with Crippen LogP contribution in [0.25, 0.3) is 0 Å². The van der Waals surface area contributed by atoms with Gasteiger partial charge in [0.05, 0.1) is 6.61 Å². The lowest BCUT2D eigenvalue weighted by Gasteiger charge is -2.34. The van der Waals surface area contributed by atoms with Crippen LogP contribution in [-0.2, 0) is 4.79 Å². The maximum atomic E-state index is 12.3. The van der Waals surface area contributed by atoms with Crippen molar-refractivity contribution in [2.24, 2.45) is 0 Å². The lowest BCUT2D eigenvalue weighted by Crippen LogP contribution is -2.43. The van der Waals surface area contributed by atoms with Crippen molar-refractivity contribution in [3.63, 3.8) is 0 Å². The second-order valence-corrected chi connectivity index (χ2v) is 5.81. The topological polar surface area (TPSA) is 52.6 Å². The zero-order valence-corrected chi connectivity index (χ0v) is 12.5. The highest BCUT2D eigenvalue weighted by atomic mass is 16.3. The summed E-state index contributed by atoms with van der Waals surface area (Å²) in [6, 6.07) is 0.841. The molecule has 4 heteroatoms. The van der Waals surface area contributed by atoms with Gasteiger partial charge in [0, 0.05) is 25.0 Å². The molecular formula is C15H30N2O2. The van der Waals surface area contributed by atoms with Gasteiger partial charge in [-0.25, -0.2) is 0 Å². The van der Waals surface area contributed by atoms with E-state index in [0.29, 0.717) is 25.0 Å². The fraction of sp³-hybridized carbons (Fsp3) is 0.933. The fourth-order valence-corrected chi connectivity index (χ4v) is 2.79. The van der Waals surface area contributed by atoms with Crippen LogP contribution in [0.5, 0.6) is 0 Å². The van der Waals surface area contributed by atoms with Crippen LogP contribution >= 0.6 is 0 Å². The van der Waals surface area contributed by atoms with E-state index in [1.54, 1.807) is 0 Å². The van der Waals surface area contributed by atoms with Crippen LogP contribution < -0.4 is 5.32 Å². The summed E-state index contributed by atoms with van der Waals surface area (Å²) < 4.78 is 0. The van der Waals surface area contributed by atoms with Crippen molar-refractivity contribution in [2.45, 2.75) is 70.9 Å². The van der Waals surface area contributed by atoms with Gasteiger partial charge >= 0.3 is 0 Å². The van der Waals surface area contributed by atoms with Gasteiger partial charge in [0.1, 0.15) is 0 Å². The lowest BCUT2D eigenvalue weighted by molar-refractivity contribution is -0.134. The van der Waals surface area contributed by atoms with E-state index in [2.05, 4.69) is 19.2 Å². The van der Waals surface area contributed by atoms with E-state index in [1.165, 1.54) is 19.3 Å². The number of carbonyl (C=O) groups is 1. The first-order valence-electron chi connectivity index (χ1n) is 7.79. The van der Waals surface area contributed by atoms with Gasteiger partial charge in [0.25, 0.3) is 0 Å². The largest absolute Gasteiger partial charge is 0.395 e. The van der Waals surface area contributed by atoms with Crippen LogP contribution in [-0.4, -0.2) is 47.7 Å². The molecule has 19 heavy (non-hydrogen) atoms. The Kier molecular flexibility index (Phi) is 8.07. The Balaban J connectivity index is 2.34. The van der Waals surface area contributed by atoms with Crippen LogP contribution in [0.15, 0.2) is 0 Å². The average molecular weight is 270 g/mol. The second-order valence-electron chi connectivity index (χ2n) is 5.81. The number of hydrogen-bond acceptors (Lipinski definition) is 3. The molecule has 0 unspecified atom stereocenters. The SMILES string of the molecule is CC(C)NCCCC(=O)N(CCO)C1CCCCC1. The quantitative estimate of drug-likeness (QED) is 0.663. The number of rotatable bonds is 8. The monoisotopic (exact) mass is 270 g/mol. The predicted octanol–water partition coefficient (Wildman–Crippen LogP) is 1.92. The summed E-state index contributed by atoms with van der Waals surface area (Å²) in [4.78, 5) is 14.2. The zero-order chi connectivity index (χ0) is 14.1. The fourth-order valence-electron chi connectivity index (χ4n) is 2.79. The van der Waals surface area contributed by atoms with Crippen molar-refractivity contribution in [2.75, 3.05) is 19.7 Å². The Hall–Kier alpha value is -0.610. The van der Waals surface area contributed by atoms with Crippen LogP contribution in [0.2, 0.25) is 0 Å². The molecule has 2 N–H and O–H groups in total. The molecule has 0 heterocycles. The zero-order valence-electron chi connectivity index (χ0n) is 12.5. The number of carbonyl (C=O) groups excluding carboxylic acids is 1. The lowest BCUT2D eigenvalue weighted by atomic mass is 9.94. The first-order valence-corrected chi connectivity index (χ1v) is 7.79. The van der Waals surface area contributed by atoms with Crippen molar-refractivity contribution in [1.82, 2.24) is 10.2 Å². The van der Waals surface area contributed by atoms with E-state index >= 15 is 0 Å². The standard InChI is InChI=1S/C15H30N2O2/c1-13(2)16-10-6-9-15(19)17(11-12-18)14-7-4-3-5-8-14/h13-14,16,18H,3-12H2,1-2H3. The molecule has 1 saturated carbocycles. The molecule has 0 radical (unpaired) electrons. The Morgan fingerprint density at radius 1 is 1.32 bits per heavy atom. The summed E-state index contributed by atoms with van der Waals surface area (Å²) in [6.07, 6.45) is 7.41. The normalized spacial score (nSPS) is 16.8. The number of aliphatic hydroxyl groups is 1. The summed E-state index contributed by atoms with van der Waals surface area (Å²) in [5.74, 6) is 0.214. The molecule has 0 aliphatic heterocycles. The van der Waals surface area contributed by atoms with Crippen molar-refractivity contribution in [3.05, 3.63) is 0 Å². The molecule has 0 aromatic heterocycles. The van der Waals surface area contributed by atoms with E-state index < -0.39 is 0 Å². The predicted molar refractivity (Wildman–Crippen MR) is 78.0 cm³/mol. The van der Waals surface area contributed by atoms with Crippen molar-refractivity contribution >= 4 is 5.91 Å². The summed E-state index contributed by atoms with van der Waals surface area (Å²) in [6.45, 7) is 5.69. The number of amides is 1. The average Bonchev–Trinajstić information content (AvgIpc) is 2.41. The first-order chi connectivity index (χ1) is 9.15. The van der Waals surface area contributed by atoms with Crippen LogP contribution in [0.1, 0.15) is 58.8 Å². The molecule has 0 bridgehead atoms. The molecule has 0 saturated heterocycles. The van der Waals surface area contributed by atoms with Crippen molar-refractivity contribution in [3.8, 4) is 0 Å². The summed E-state index contributed by atoms with van der Waals surface area (Å²) in [5.41, 5.74) is 0. The minimum atomic E-state index is 0.0759. The van der Waals surface area contributed by atoms with E-state index in [9.17, 15) is 4.79 Å². The maximum Gasteiger partial charge on any atom is 0.222 e. The highest BCUT2D eigenvalue weighted by Crippen LogP contribution is 2.23. The first kappa shape index (κ1) is 16.4. The minimum absolute atomic E-state index is 0.0759. The van der Waals surface area contributed by atoms with Gasteiger partial charge in [-0.2, -0.15) is 0 Å². The highest BCUT2D eigenvalue weighted by Gasteiger charge is 2.24. The second kappa shape index (κ2) is 9.32. The molecule has 0 spiro atoms. The van der Waals surface area contributed by atoms with Gasteiger partial charge in [-0.15, -0.1) is 0 Å². The van der Waals surface area contributed by atoms with E-state index in [1.807, 2.05) is 4.90 Å². The number of nitrogens with one attached hydrogen (secondary N) is 1. The third-order valence-electron chi connectivity index (χ3n) is 3.80. The number of hydrogen-bond donors (Lipinski definition) is 2. The minimum Gasteiger partial charge on any atom is -0.395 e. The maximum absolute atomic E-state index is 12.3. The van der Waals surface area contributed by atoms with Gasteiger partial charge in [-0.1, -0.05) is 33.1 Å². The molecule has 0 aromatic rings. The molecule has 0 aromatic carbocycles. The molecular weight excluding hydrogens is 240 g/mol. The highest BCUT2D eigenvalue weighted by molar-refractivity contribution is 5.76. The number of nitrogens with zero attached hydrogens (tertiary/aromatic N) is 1. The third-order valence-corrected chi connectivity index (χ3v) is 3.80. The molecule has 1 aliphatic carbocycles. The van der Waals surface area contributed by atoms with Crippen molar-refractivity contribution < 1.29 is 9.90 Å². The van der Waals surface area contributed by atoms with E-state index in [-0.39, 0.29) is 12.5 Å². The van der Waals surface area contributed by atoms with E-state index in [4.69, 9.17) is 5.11 Å². The molecule has 112 valence electrons. The van der Waals surface area contributed by atoms with Crippen LogP contribution in [0, 0.1) is 0 Å². The molecule has 1 fully saturated rings. The Morgan fingerprint density at radius 2 is 2.00 bits per heavy atom. The van der Waals surface area contributed by atoms with Crippen molar-refractivity contribution in [1.29, 1.82) is 0 Å². The summed E-state index contributed by atoms with van der Waals surface area (Å²) in [5, 5.41) is 12.5. The Labute approximate surface area is 117 Å². The summed E-state index contributed by atoms with van der Waals surface area (Å²) >= 11 is 0. The molecule has 4 nitrogen and oxygen atoms in total. The number of aliphatic hydroxyl groups excluding tert-OH is 1. The summed E-state index contributed by atoms with van der Waals surface area (Å²) in [7, 11) is 0. The van der Waals surface area contributed by atoms with Gasteiger partial charge < -0.3 is 15.3 Å². The van der Waals surface area contributed by atoms with E-state index in [0.717, 1.165) is 25.8 Å². The van der Waals surface area contributed by atoms with Crippen LogP contribution in [0.3, 0.4) is 0 Å². The molecule has 1 aliphatic rings. The molecule has 1 rings (SSSR count). The van der Waals surface area contributed by atoms with Gasteiger partial charge in [0.15, 0.2) is 0 Å². The molecule has 0 atom stereocenters. The van der Waals surface area contributed by atoms with Crippen LogP contribution in [0.4, 0.5) is 0 Å². The van der Waals surface area contributed by atoms with Gasteiger partial charge in [-0.3, -0.25) is 4.79 Å². The smallest absolute Gasteiger partial charge is 0.222 e. The van der Waals surface area contributed by atoms with Gasteiger partial charge in [0.2, 0.25) is 5.91 Å². The Bertz CT molecular complexity index is 251. The molecule has 1 amide bonds. The third kappa shape index (κ3) is 6.39. The van der Waals surface area contributed by atoms with Gasteiger partial charge in [-0.05, 0) is 25.8 Å².